The molecule has 4 aromatic rings. The average molecular weight is 493 g/mol. The van der Waals surface area contributed by atoms with Gasteiger partial charge in [-0.1, -0.05) is 12.1 Å². The Balaban J connectivity index is 1.61. The van der Waals surface area contributed by atoms with Gasteiger partial charge in [-0.2, -0.15) is 26.4 Å². The Bertz CT molecular complexity index is 1490. The maximum Gasteiger partial charge on any atom is 0.387 e. The molecule has 1 N–H and O–H groups in total. The van der Waals surface area contributed by atoms with Gasteiger partial charge in [0, 0.05) is 17.1 Å². The van der Waals surface area contributed by atoms with Crippen molar-refractivity contribution in [2.75, 3.05) is 5.32 Å². The lowest BCUT2D eigenvalue weighted by molar-refractivity contribution is -0.115. The maximum absolute atomic E-state index is 13.4. The highest BCUT2D eigenvalue weighted by Crippen LogP contribution is 2.26. The van der Waals surface area contributed by atoms with Crippen molar-refractivity contribution < 1.29 is 35.5 Å². The molecule has 1 heterocycles. The zero-order valence-corrected chi connectivity index (χ0v) is 17.9. The van der Waals surface area contributed by atoms with Gasteiger partial charge in [0.1, 0.15) is 5.75 Å². The highest BCUT2D eigenvalue weighted by molar-refractivity contribution is 7.90. The molecule has 0 fully saturated rings. The normalized spacial score (nSPS) is 11.7. The summed E-state index contributed by atoms with van der Waals surface area (Å²) in [6, 6.07) is 12.1. The number of nitrogens with zero attached hydrogens (tertiary/aromatic N) is 2. The first-order valence-corrected chi connectivity index (χ1v) is 11.1. The molecule has 0 aliphatic rings. The number of fused-ring (bicyclic) bond motifs is 1. The molecule has 34 heavy (non-hydrogen) atoms. The molecule has 7 nitrogen and oxygen atoms in total. The zero-order valence-electron chi connectivity index (χ0n) is 17.1. The SMILES string of the molecule is O=C(Cc1ccc(F)c(F)c1)Nc1ccc2cnn(S(=O)(=O)c3cccc(OC(F)F)c3)c2c1. The van der Waals surface area contributed by atoms with Crippen LogP contribution in [0.5, 0.6) is 5.75 Å². The van der Waals surface area contributed by atoms with Crippen molar-refractivity contribution >= 4 is 32.5 Å². The molecule has 1 amide bonds. The molecule has 0 radical (unpaired) electrons. The van der Waals surface area contributed by atoms with Crippen molar-refractivity contribution in [3.05, 3.63) is 84.1 Å². The van der Waals surface area contributed by atoms with Gasteiger partial charge in [0.15, 0.2) is 11.6 Å². The summed E-state index contributed by atoms with van der Waals surface area (Å²) in [6.07, 6.45) is 1.04. The highest BCUT2D eigenvalue weighted by atomic mass is 32.2. The van der Waals surface area contributed by atoms with E-state index in [0.717, 1.165) is 18.2 Å². The van der Waals surface area contributed by atoms with E-state index in [2.05, 4.69) is 15.2 Å². The number of amides is 1. The minimum absolute atomic E-state index is 0.116. The molecule has 4 rings (SSSR count). The summed E-state index contributed by atoms with van der Waals surface area (Å²) >= 11 is 0. The molecule has 0 aliphatic carbocycles. The second-order valence-electron chi connectivity index (χ2n) is 7.09. The summed E-state index contributed by atoms with van der Waals surface area (Å²) < 4.78 is 82.5. The fraction of sp³-hybridized carbons (Fsp3) is 0.0909. The number of rotatable bonds is 7. The van der Waals surface area contributed by atoms with Gasteiger partial charge in [0.25, 0.3) is 10.0 Å². The van der Waals surface area contributed by atoms with Crippen molar-refractivity contribution in [3.8, 4) is 5.75 Å². The van der Waals surface area contributed by atoms with Crippen molar-refractivity contribution in [1.29, 1.82) is 0 Å². The topological polar surface area (TPSA) is 90.3 Å². The maximum atomic E-state index is 13.4. The van der Waals surface area contributed by atoms with Gasteiger partial charge >= 0.3 is 6.61 Å². The van der Waals surface area contributed by atoms with Crippen molar-refractivity contribution in [3.63, 3.8) is 0 Å². The molecular formula is C22H15F4N3O4S. The van der Waals surface area contributed by atoms with Crippen LogP contribution in [0.3, 0.4) is 0 Å². The summed E-state index contributed by atoms with van der Waals surface area (Å²) in [5, 5.41) is 6.88. The number of hydrogen-bond donors (Lipinski definition) is 1. The molecule has 0 aliphatic heterocycles. The third-order valence-electron chi connectivity index (χ3n) is 4.73. The van der Waals surface area contributed by atoms with Gasteiger partial charge in [-0.3, -0.25) is 4.79 Å². The van der Waals surface area contributed by atoms with Crippen LogP contribution in [0.1, 0.15) is 5.56 Å². The number of nitrogens with one attached hydrogen (secondary N) is 1. The number of carbonyl (C=O) groups is 1. The number of anilines is 1. The van der Waals surface area contributed by atoms with E-state index in [1.807, 2.05) is 0 Å². The number of alkyl halides is 2. The standard InChI is InChI=1S/C22H15F4N3O4S/c23-18-7-4-13(8-19(18)24)9-21(30)28-15-6-5-14-12-27-29(20(14)10-15)34(31,32)17-3-1-2-16(11-17)33-22(25)26/h1-8,10-12,22H,9H2,(H,28,30). The Morgan fingerprint density at radius 1 is 1.03 bits per heavy atom. The average Bonchev–Trinajstić information content (AvgIpc) is 3.20. The van der Waals surface area contributed by atoms with Crippen LogP contribution in [0.25, 0.3) is 10.9 Å². The van der Waals surface area contributed by atoms with Crippen LogP contribution in [-0.2, 0) is 21.2 Å². The van der Waals surface area contributed by atoms with Gasteiger partial charge in [0.05, 0.1) is 23.0 Å². The molecule has 0 spiro atoms. The first-order valence-electron chi connectivity index (χ1n) is 9.65. The van der Waals surface area contributed by atoms with E-state index in [-0.39, 0.29) is 33.8 Å². The lowest BCUT2D eigenvalue weighted by Gasteiger charge is -2.10. The third-order valence-corrected chi connectivity index (χ3v) is 6.32. The van der Waals surface area contributed by atoms with Gasteiger partial charge < -0.3 is 10.1 Å². The third kappa shape index (κ3) is 4.86. The highest BCUT2D eigenvalue weighted by Gasteiger charge is 2.22. The Labute approximate surface area is 190 Å². The predicted molar refractivity (Wildman–Crippen MR) is 114 cm³/mol. The molecule has 12 heteroatoms. The van der Waals surface area contributed by atoms with E-state index >= 15 is 0 Å². The Kier molecular flexibility index (Phi) is 6.24. The van der Waals surface area contributed by atoms with Crippen LogP contribution in [0.2, 0.25) is 0 Å². The van der Waals surface area contributed by atoms with Crippen LogP contribution in [-0.4, -0.2) is 30.1 Å². The first-order chi connectivity index (χ1) is 16.1. The summed E-state index contributed by atoms with van der Waals surface area (Å²) in [7, 11) is -4.29. The molecule has 0 atom stereocenters. The van der Waals surface area contributed by atoms with Crippen LogP contribution in [0, 0.1) is 11.6 Å². The number of ether oxygens (including phenoxy) is 1. The van der Waals surface area contributed by atoms with E-state index < -0.39 is 34.2 Å². The number of hydrogen-bond acceptors (Lipinski definition) is 5. The molecule has 3 aromatic carbocycles. The lowest BCUT2D eigenvalue weighted by Crippen LogP contribution is -2.16. The van der Waals surface area contributed by atoms with E-state index in [4.69, 9.17) is 0 Å². The first kappa shape index (κ1) is 23.2. The fourth-order valence-corrected chi connectivity index (χ4v) is 4.52. The molecular weight excluding hydrogens is 478 g/mol. The summed E-state index contributed by atoms with van der Waals surface area (Å²) in [5.41, 5.74) is 0.591. The van der Waals surface area contributed by atoms with E-state index in [0.29, 0.717) is 9.47 Å². The number of aromatic nitrogens is 2. The smallest absolute Gasteiger partial charge is 0.387 e. The second-order valence-corrected chi connectivity index (χ2v) is 8.86. The van der Waals surface area contributed by atoms with Crippen molar-refractivity contribution in [2.24, 2.45) is 0 Å². The van der Waals surface area contributed by atoms with Gasteiger partial charge in [-0.15, -0.1) is 0 Å². The minimum Gasteiger partial charge on any atom is -0.435 e. The second kappa shape index (κ2) is 9.14. The van der Waals surface area contributed by atoms with Gasteiger partial charge in [0.2, 0.25) is 5.91 Å². The number of halogens is 4. The summed E-state index contributed by atoms with van der Waals surface area (Å²) in [6.45, 7) is -3.12. The Morgan fingerprint density at radius 2 is 1.82 bits per heavy atom. The van der Waals surface area contributed by atoms with Crippen LogP contribution >= 0.6 is 0 Å². The van der Waals surface area contributed by atoms with Crippen LogP contribution in [0.15, 0.2) is 71.8 Å². The quantitative estimate of drug-likeness (QED) is 0.387. The van der Waals surface area contributed by atoms with Gasteiger partial charge in [-0.25, -0.2) is 8.78 Å². The van der Waals surface area contributed by atoms with E-state index in [1.165, 1.54) is 48.7 Å². The Morgan fingerprint density at radius 3 is 2.56 bits per heavy atom. The molecule has 0 saturated carbocycles. The number of carbonyl (C=O) groups excluding carboxylic acids is 1. The molecule has 0 saturated heterocycles. The molecule has 0 unspecified atom stereocenters. The van der Waals surface area contributed by atoms with Crippen LogP contribution < -0.4 is 10.1 Å². The largest absolute Gasteiger partial charge is 0.435 e. The fourth-order valence-electron chi connectivity index (χ4n) is 3.22. The van der Waals surface area contributed by atoms with E-state index in [9.17, 15) is 30.8 Å². The molecule has 1 aromatic heterocycles. The predicted octanol–water partition coefficient (Wildman–Crippen LogP) is 4.33. The van der Waals surface area contributed by atoms with Crippen LogP contribution in [0.4, 0.5) is 23.2 Å². The monoisotopic (exact) mass is 493 g/mol. The van der Waals surface area contributed by atoms with Crippen molar-refractivity contribution in [2.45, 2.75) is 17.9 Å². The van der Waals surface area contributed by atoms with Crippen molar-refractivity contribution in [1.82, 2.24) is 9.19 Å². The van der Waals surface area contributed by atoms with Gasteiger partial charge in [-0.05, 0) is 48.0 Å². The Hall–Kier alpha value is -3.93. The van der Waals surface area contributed by atoms with E-state index in [1.54, 1.807) is 0 Å². The summed E-state index contributed by atoms with van der Waals surface area (Å²) in [4.78, 5) is 12.0. The molecule has 0 bridgehead atoms. The molecule has 176 valence electrons. The summed E-state index contributed by atoms with van der Waals surface area (Å²) in [5.74, 6) is -2.99. The minimum atomic E-state index is -4.29. The zero-order chi connectivity index (χ0) is 24.5. The number of benzene rings is 3. The lowest BCUT2D eigenvalue weighted by atomic mass is 10.1.